The number of hydrogen-bond acceptors (Lipinski definition) is 6. The molecule has 32 heavy (non-hydrogen) atoms. The molecule has 1 fully saturated rings. The lowest BCUT2D eigenvalue weighted by molar-refractivity contribution is -0.175. The van der Waals surface area contributed by atoms with E-state index in [-0.39, 0.29) is 5.92 Å². The summed E-state index contributed by atoms with van der Waals surface area (Å²) >= 11 is 0. The Morgan fingerprint density at radius 1 is 1.16 bits per heavy atom. The van der Waals surface area contributed by atoms with Crippen molar-refractivity contribution in [1.29, 1.82) is 0 Å². The van der Waals surface area contributed by atoms with Crippen LogP contribution in [0.15, 0.2) is 45.6 Å². The van der Waals surface area contributed by atoms with E-state index >= 15 is 0 Å². The highest BCUT2D eigenvalue weighted by molar-refractivity contribution is 5.92. The largest absolute Gasteiger partial charge is 0.458 e. The molecule has 5 atom stereocenters. The third-order valence-corrected chi connectivity index (χ3v) is 7.31. The maximum atomic E-state index is 13.2. The van der Waals surface area contributed by atoms with E-state index in [9.17, 15) is 14.4 Å². The van der Waals surface area contributed by atoms with Crippen molar-refractivity contribution in [3.63, 3.8) is 0 Å². The van der Waals surface area contributed by atoms with E-state index in [0.717, 1.165) is 23.1 Å². The van der Waals surface area contributed by atoms with Crippen molar-refractivity contribution < 1.29 is 28.6 Å². The van der Waals surface area contributed by atoms with Gasteiger partial charge in [0.25, 0.3) is 0 Å². The number of carbonyl (C=O) groups excluding carboxylic acids is 3. The van der Waals surface area contributed by atoms with Gasteiger partial charge in [-0.05, 0) is 61.8 Å². The van der Waals surface area contributed by atoms with Crippen molar-refractivity contribution in [2.45, 2.75) is 86.0 Å². The van der Waals surface area contributed by atoms with Gasteiger partial charge in [-0.15, -0.1) is 0 Å². The molecule has 174 valence electrons. The first-order valence-corrected chi connectivity index (χ1v) is 11.2. The van der Waals surface area contributed by atoms with Gasteiger partial charge in [-0.3, -0.25) is 0 Å². The summed E-state index contributed by atoms with van der Waals surface area (Å²) in [5.74, 6) is -2.32. The van der Waals surface area contributed by atoms with E-state index in [4.69, 9.17) is 14.2 Å². The van der Waals surface area contributed by atoms with Gasteiger partial charge in [0.1, 0.15) is 12.2 Å². The summed E-state index contributed by atoms with van der Waals surface area (Å²) in [4.78, 5) is 38.7. The molecule has 0 spiro atoms. The summed E-state index contributed by atoms with van der Waals surface area (Å²) in [5, 5.41) is 0. The fourth-order valence-corrected chi connectivity index (χ4v) is 4.91. The molecule has 2 aliphatic carbocycles. The Labute approximate surface area is 190 Å². The second-order valence-electron chi connectivity index (χ2n) is 9.57. The Kier molecular flexibility index (Phi) is 6.55. The lowest BCUT2D eigenvalue weighted by atomic mass is 9.77. The van der Waals surface area contributed by atoms with Crippen molar-refractivity contribution >= 4 is 17.9 Å². The number of allylic oxidation sites excluding steroid dienone is 3. The minimum absolute atomic E-state index is 0.0967. The molecule has 0 radical (unpaired) electrons. The molecule has 3 rings (SSSR count). The molecular weight excluding hydrogens is 408 g/mol. The van der Waals surface area contributed by atoms with Crippen molar-refractivity contribution in [3.05, 3.63) is 45.6 Å². The number of rotatable bonds is 4. The first-order chi connectivity index (χ1) is 14.9. The van der Waals surface area contributed by atoms with Crippen LogP contribution in [0.1, 0.15) is 68.2 Å². The quantitative estimate of drug-likeness (QED) is 0.271. The molecule has 4 unspecified atom stereocenters. The Bertz CT molecular complexity index is 974. The van der Waals surface area contributed by atoms with Crippen LogP contribution < -0.4 is 0 Å². The van der Waals surface area contributed by atoms with E-state index in [1.54, 1.807) is 33.8 Å². The molecule has 0 aromatic carbocycles. The van der Waals surface area contributed by atoms with Crippen molar-refractivity contribution in [2.75, 3.05) is 0 Å². The van der Waals surface area contributed by atoms with Crippen LogP contribution in [-0.4, -0.2) is 35.7 Å². The summed E-state index contributed by atoms with van der Waals surface area (Å²) in [6.45, 7) is 14.5. The zero-order chi connectivity index (χ0) is 24.0. The topological polar surface area (TPSA) is 78.9 Å². The molecule has 6 heteroatoms. The number of esters is 3. The van der Waals surface area contributed by atoms with Crippen LogP contribution in [0.2, 0.25) is 0 Å². The molecule has 0 saturated carbocycles. The van der Waals surface area contributed by atoms with Crippen LogP contribution in [0.5, 0.6) is 0 Å². The Morgan fingerprint density at radius 3 is 2.41 bits per heavy atom. The minimum atomic E-state index is -1.56. The highest BCUT2D eigenvalue weighted by Gasteiger charge is 2.64. The monoisotopic (exact) mass is 442 g/mol. The van der Waals surface area contributed by atoms with Crippen LogP contribution in [0.3, 0.4) is 0 Å². The van der Waals surface area contributed by atoms with Gasteiger partial charge in [-0.2, -0.15) is 0 Å². The van der Waals surface area contributed by atoms with Crippen LogP contribution in [-0.2, 0) is 28.6 Å². The van der Waals surface area contributed by atoms with E-state index in [2.05, 4.69) is 6.08 Å². The van der Waals surface area contributed by atoms with Gasteiger partial charge in [0.2, 0.25) is 5.60 Å². The molecule has 3 aliphatic rings. The summed E-state index contributed by atoms with van der Waals surface area (Å²) < 4.78 is 17.7. The molecule has 0 aromatic rings. The van der Waals surface area contributed by atoms with Crippen LogP contribution >= 0.6 is 0 Å². The fourth-order valence-electron chi connectivity index (χ4n) is 4.91. The molecule has 0 amide bonds. The predicted molar refractivity (Wildman–Crippen MR) is 120 cm³/mol. The third-order valence-electron chi connectivity index (χ3n) is 7.31. The molecule has 0 aromatic heterocycles. The minimum Gasteiger partial charge on any atom is -0.458 e. The number of carbonyl (C=O) groups is 3. The third kappa shape index (κ3) is 3.96. The predicted octanol–water partition coefficient (Wildman–Crippen LogP) is 4.75. The molecule has 1 heterocycles. The smallest absolute Gasteiger partial charge is 0.351 e. The second-order valence-corrected chi connectivity index (χ2v) is 9.57. The van der Waals surface area contributed by atoms with Gasteiger partial charge in [0, 0.05) is 23.5 Å². The number of hydrogen-bond donors (Lipinski definition) is 0. The fraction of sp³-hybridized carbons (Fsp3) is 0.577. The Balaban J connectivity index is 2.09. The van der Waals surface area contributed by atoms with Crippen LogP contribution in [0.25, 0.3) is 0 Å². The van der Waals surface area contributed by atoms with Gasteiger partial charge >= 0.3 is 17.9 Å². The van der Waals surface area contributed by atoms with Gasteiger partial charge in [0.15, 0.2) is 0 Å². The Morgan fingerprint density at radius 2 is 1.81 bits per heavy atom. The standard InChI is InChI=1S/C26H34O6/c1-9-14(4)23(27)32-26(8)21-19(30-24(28)17(7)13(2)3)12-16(6)18-11-10-15(5)20(18)22(21)31-25(26)29/h9-10,19-22H,11-12H2,1-8H3/t19?,20?,21?,22?,26-/m0/s1. The first kappa shape index (κ1) is 24.0. The normalized spacial score (nSPS) is 31.8. The average molecular weight is 443 g/mol. The van der Waals surface area contributed by atoms with E-state index in [0.29, 0.717) is 17.6 Å². The number of ether oxygens (including phenoxy) is 3. The molecule has 0 bridgehead atoms. The zero-order valence-corrected chi connectivity index (χ0v) is 20.3. The highest BCUT2D eigenvalue weighted by atomic mass is 16.6. The second kappa shape index (κ2) is 8.72. The summed E-state index contributed by atoms with van der Waals surface area (Å²) in [5.41, 5.74) is 3.67. The van der Waals surface area contributed by atoms with Crippen molar-refractivity contribution in [2.24, 2.45) is 11.8 Å². The molecular formula is C26H34O6. The molecule has 6 nitrogen and oxygen atoms in total. The van der Waals surface area contributed by atoms with Crippen LogP contribution in [0.4, 0.5) is 0 Å². The SMILES string of the molecule is CC=C(C)C(=O)O[C@]1(C)C(=O)OC2C3C(C)=CCC3=C(C)CC(OC(=O)C(C)=C(C)C)C21. The summed E-state index contributed by atoms with van der Waals surface area (Å²) in [6.07, 6.45) is 3.80. The zero-order valence-electron chi connectivity index (χ0n) is 20.3. The summed E-state index contributed by atoms with van der Waals surface area (Å²) in [7, 11) is 0. The van der Waals surface area contributed by atoms with Gasteiger partial charge in [0.05, 0.1) is 5.92 Å². The summed E-state index contributed by atoms with van der Waals surface area (Å²) in [6, 6.07) is 0. The Hall–Kier alpha value is -2.63. The lowest BCUT2D eigenvalue weighted by Gasteiger charge is -2.35. The van der Waals surface area contributed by atoms with E-state index in [1.807, 2.05) is 27.7 Å². The maximum Gasteiger partial charge on any atom is 0.351 e. The van der Waals surface area contributed by atoms with Gasteiger partial charge in [-0.1, -0.05) is 34.4 Å². The van der Waals surface area contributed by atoms with E-state index < -0.39 is 41.6 Å². The maximum absolute atomic E-state index is 13.2. The molecule has 1 aliphatic heterocycles. The number of fused-ring (bicyclic) bond motifs is 3. The van der Waals surface area contributed by atoms with Gasteiger partial charge < -0.3 is 14.2 Å². The molecule has 0 N–H and O–H groups in total. The highest BCUT2D eigenvalue weighted by Crippen LogP contribution is 2.52. The van der Waals surface area contributed by atoms with Crippen molar-refractivity contribution in [1.82, 2.24) is 0 Å². The first-order valence-electron chi connectivity index (χ1n) is 11.2. The van der Waals surface area contributed by atoms with Crippen molar-refractivity contribution in [3.8, 4) is 0 Å². The van der Waals surface area contributed by atoms with E-state index in [1.165, 1.54) is 5.57 Å². The van der Waals surface area contributed by atoms with Crippen LogP contribution in [0, 0.1) is 11.8 Å². The molecule has 1 saturated heterocycles. The lowest BCUT2D eigenvalue weighted by Crippen LogP contribution is -2.50. The van der Waals surface area contributed by atoms with Gasteiger partial charge in [-0.25, -0.2) is 14.4 Å². The average Bonchev–Trinajstić information content (AvgIpc) is 3.19.